The van der Waals surface area contributed by atoms with Gasteiger partial charge in [-0.1, -0.05) is 12.1 Å². The number of carbonyl (C=O) groups is 1. The number of hydrogen-bond donors (Lipinski definition) is 1. The van der Waals surface area contributed by atoms with E-state index in [2.05, 4.69) is 0 Å². The Bertz CT molecular complexity index is 662. The van der Waals surface area contributed by atoms with Gasteiger partial charge in [-0.05, 0) is 40.9 Å². The zero-order valence-electron chi connectivity index (χ0n) is 12.7. The predicted molar refractivity (Wildman–Crippen MR) is 89.0 cm³/mol. The normalized spacial score (nSPS) is 18.1. The number of anilines is 1. The second-order valence-electron chi connectivity index (χ2n) is 5.57. The minimum absolute atomic E-state index is 0.00633. The van der Waals surface area contributed by atoms with Gasteiger partial charge in [-0.3, -0.25) is 9.69 Å². The third-order valence-electron chi connectivity index (χ3n) is 4.11. The monoisotopic (exact) mass is 334 g/mol. The maximum Gasteiger partial charge on any atom is 0.244 e. The molecule has 2 heterocycles. The minimum Gasteiger partial charge on any atom is -0.395 e. The molecule has 4 nitrogen and oxygen atoms in total. The Morgan fingerprint density at radius 3 is 2.87 bits per heavy atom. The van der Waals surface area contributed by atoms with Crippen LogP contribution in [0, 0.1) is 5.82 Å². The van der Waals surface area contributed by atoms with Crippen LogP contribution in [0.5, 0.6) is 0 Å². The van der Waals surface area contributed by atoms with E-state index in [1.54, 1.807) is 29.5 Å². The molecule has 1 aromatic heterocycles. The molecule has 122 valence electrons. The first kappa shape index (κ1) is 16.1. The van der Waals surface area contributed by atoms with Gasteiger partial charge in [0, 0.05) is 19.6 Å². The van der Waals surface area contributed by atoms with Crippen molar-refractivity contribution in [2.24, 2.45) is 0 Å². The average Bonchev–Trinajstić information content (AvgIpc) is 3.17. The van der Waals surface area contributed by atoms with Crippen LogP contribution in [0.3, 0.4) is 0 Å². The number of rotatable bonds is 6. The molecule has 23 heavy (non-hydrogen) atoms. The SMILES string of the molecule is O=C1[C@@H](N(CCO)Cc2ccsc2)CCN1c1ccccc1F. The lowest BCUT2D eigenvalue weighted by Crippen LogP contribution is -2.43. The third kappa shape index (κ3) is 3.44. The number of thiophene rings is 1. The largest absolute Gasteiger partial charge is 0.395 e. The fourth-order valence-electron chi connectivity index (χ4n) is 3.00. The van der Waals surface area contributed by atoms with Gasteiger partial charge in [0.25, 0.3) is 0 Å². The molecule has 6 heteroatoms. The summed E-state index contributed by atoms with van der Waals surface area (Å²) in [6, 6.07) is 8.05. The van der Waals surface area contributed by atoms with Crippen LogP contribution in [0.15, 0.2) is 41.1 Å². The Hall–Kier alpha value is -1.76. The van der Waals surface area contributed by atoms with Crippen molar-refractivity contribution in [1.29, 1.82) is 0 Å². The molecule has 0 unspecified atom stereocenters. The Labute approximate surface area is 138 Å². The molecule has 1 amide bonds. The molecule has 0 bridgehead atoms. The van der Waals surface area contributed by atoms with E-state index < -0.39 is 0 Å². The molecule has 1 atom stereocenters. The number of carbonyl (C=O) groups excluding carboxylic acids is 1. The van der Waals surface area contributed by atoms with E-state index in [1.165, 1.54) is 11.0 Å². The maximum atomic E-state index is 14.0. The molecule has 1 aliphatic rings. The molecule has 0 radical (unpaired) electrons. The summed E-state index contributed by atoms with van der Waals surface area (Å²) in [4.78, 5) is 16.2. The van der Waals surface area contributed by atoms with Crippen LogP contribution >= 0.6 is 11.3 Å². The van der Waals surface area contributed by atoms with E-state index in [-0.39, 0.29) is 24.4 Å². The molecule has 1 N–H and O–H groups in total. The molecule has 0 aliphatic carbocycles. The lowest BCUT2D eigenvalue weighted by atomic mass is 10.2. The first-order valence-corrected chi connectivity index (χ1v) is 8.57. The Morgan fingerprint density at radius 2 is 2.17 bits per heavy atom. The van der Waals surface area contributed by atoms with E-state index in [1.807, 2.05) is 21.7 Å². The number of nitrogens with zero attached hydrogens (tertiary/aromatic N) is 2. The number of halogens is 1. The van der Waals surface area contributed by atoms with Gasteiger partial charge in [-0.2, -0.15) is 11.3 Å². The van der Waals surface area contributed by atoms with Gasteiger partial charge < -0.3 is 10.0 Å². The van der Waals surface area contributed by atoms with E-state index >= 15 is 0 Å². The highest BCUT2D eigenvalue weighted by Crippen LogP contribution is 2.27. The van der Waals surface area contributed by atoms with Crippen LogP contribution in [0.4, 0.5) is 10.1 Å². The zero-order chi connectivity index (χ0) is 16.2. The van der Waals surface area contributed by atoms with Crippen molar-refractivity contribution in [3.63, 3.8) is 0 Å². The van der Waals surface area contributed by atoms with Crippen LogP contribution in [-0.2, 0) is 11.3 Å². The van der Waals surface area contributed by atoms with Crippen LogP contribution in [0.2, 0.25) is 0 Å². The number of para-hydroxylation sites is 1. The fraction of sp³-hybridized carbons (Fsp3) is 0.353. The van der Waals surface area contributed by atoms with Crippen LogP contribution in [0.1, 0.15) is 12.0 Å². The van der Waals surface area contributed by atoms with Gasteiger partial charge in [-0.15, -0.1) is 0 Å². The molecule has 0 saturated carbocycles. The fourth-order valence-corrected chi connectivity index (χ4v) is 3.66. The van der Waals surface area contributed by atoms with Crippen LogP contribution < -0.4 is 4.90 Å². The molecule has 1 saturated heterocycles. The second-order valence-corrected chi connectivity index (χ2v) is 6.35. The second kappa shape index (κ2) is 7.21. The highest BCUT2D eigenvalue weighted by atomic mass is 32.1. The molecule has 1 aliphatic heterocycles. The Balaban J connectivity index is 1.77. The van der Waals surface area contributed by atoms with Crippen LogP contribution in [-0.4, -0.2) is 41.7 Å². The summed E-state index contributed by atoms with van der Waals surface area (Å²) >= 11 is 1.61. The Kier molecular flexibility index (Phi) is 5.05. The summed E-state index contributed by atoms with van der Waals surface area (Å²) in [5, 5.41) is 13.3. The van der Waals surface area contributed by atoms with E-state index in [4.69, 9.17) is 0 Å². The number of benzene rings is 1. The molecular formula is C17H19FN2O2S. The van der Waals surface area contributed by atoms with Gasteiger partial charge >= 0.3 is 0 Å². The smallest absolute Gasteiger partial charge is 0.244 e. The zero-order valence-corrected chi connectivity index (χ0v) is 13.5. The van der Waals surface area contributed by atoms with Crippen molar-refractivity contribution in [1.82, 2.24) is 4.90 Å². The van der Waals surface area contributed by atoms with E-state index in [0.29, 0.717) is 31.7 Å². The first-order chi connectivity index (χ1) is 11.2. The summed E-state index contributed by atoms with van der Waals surface area (Å²) in [7, 11) is 0. The van der Waals surface area contributed by atoms with Crippen molar-refractivity contribution < 1.29 is 14.3 Å². The van der Waals surface area contributed by atoms with Crippen molar-refractivity contribution in [2.75, 3.05) is 24.6 Å². The average molecular weight is 334 g/mol. The third-order valence-corrected chi connectivity index (χ3v) is 4.85. The minimum atomic E-state index is -0.381. The number of aliphatic hydroxyl groups excluding tert-OH is 1. The first-order valence-electron chi connectivity index (χ1n) is 7.62. The van der Waals surface area contributed by atoms with Crippen molar-refractivity contribution in [2.45, 2.75) is 19.0 Å². The van der Waals surface area contributed by atoms with Crippen molar-refractivity contribution >= 4 is 22.9 Å². The molecule has 3 rings (SSSR count). The molecule has 1 fully saturated rings. The standard InChI is InChI=1S/C17H19FN2O2S/c18-14-3-1-2-4-15(14)20-7-5-16(17(20)22)19(8-9-21)11-13-6-10-23-12-13/h1-4,6,10,12,16,21H,5,7-9,11H2/t16-/m0/s1. The summed E-state index contributed by atoms with van der Waals surface area (Å²) in [6.07, 6.45) is 0.636. The summed E-state index contributed by atoms with van der Waals surface area (Å²) in [5.74, 6) is -0.480. The van der Waals surface area contributed by atoms with Gasteiger partial charge in [0.15, 0.2) is 0 Å². The number of hydrogen-bond acceptors (Lipinski definition) is 4. The van der Waals surface area contributed by atoms with E-state index in [9.17, 15) is 14.3 Å². The molecule has 2 aromatic rings. The predicted octanol–water partition coefficient (Wildman–Crippen LogP) is 2.49. The van der Waals surface area contributed by atoms with Crippen molar-refractivity contribution in [3.8, 4) is 0 Å². The highest BCUT2D eigenvalue weighted by molar-refractivity contribution is 7.07. The lowest BCUT2D eigenvalue weighted by Gasteiger charge is -2.27. The summed E-state index contributed by atoms with van der Waals surface area (Å²) in [5.41, 5.74) is 1.46. The Morgan fingerprint density at radius 1 is 1.35 bits per heavy atom. The number of amides is 1. The van der Waals surface area contributed by atoms with E-state index in [0.717, 1.165) is 5.56 Å². The van der Waals surface area contributed by atoms with Gasteiger partial charge in [0.05, 0.1) is 18.3 Å². The summed E-state index contributed by atoms with van der Waals surface area (Å²) < 4.78 is 14.0. The molecular weight excluding hydrogens is 315 g/mol. The molecule has 0 spiro atoms. The number of aliphatic hydroxyl groups is 1. The van der Waals surface area contributed by atoms with Crippen LogP contribution in [0.25, 0.3) is 0 Å². The summed E-state index contributed by atoms with van der Waals surface area (Å²) in [6.45, 7) is 1.53. The highest BCUT2D eigenvalue weighted by Gasteiger charge is 2.37. The topological polar surface area (TPSA) is 43.8 Å². The lowest BCUT2D eigenvalue weighted by molar-refractivity contribution is -0.122. The van der Waals surface area contributed by atoms with Gasteiger partial charge in [0.2, 0.25) is 5.91 Å². The van der Waals surface area contributed by atoms with Crippen molar-refractivity contribution in [3.05, 3.63) is 52.5 Å². The molecule has 1 aromatic carbocycles. The van der Waals surface area contributed by atoms with Gasteiger partial charge in [-0.25, -0.2) is 4.39 Å². The maximum absolute atomic E-state index is 14.0. The van der Waals surface area contributed by atoms with Gasteiger partial charge in [0.1, 0.15) is 5.82 Å². The quantitative estimate of drug-likeness (QED) is 0.883.